The van der Waals surface area contributed by atoms with Gasteiger partial charge in [0.15, 0.2) is 9.84 Å². The lowest BCUT2D eigenvalue weighted by Crippen LogP contribution is -2.09. The Morgan fingerprint density at radius 2 is 2.10 bits per heavy atom. The summed E-state index contributed by atoms with van der Waals surface area (Å²) in [6.07, 6.45) is 1.10. The number of thiazole rings is 1. The van der Waals surface area contributed by atoms with Crippen molar-refractivity contribution in [3.63, 3.8) is 0 Å². The first kappa shape index (κ1) is 14.9. The molecule has 0 fully saturated rings. The van der Waals surface area contributed by atoms with Crippen LogP contribution in [-0.2, 0) is 9.84 Å². The van der Waals surface area contributed by atoms with Crippen LogP contribution in [0.15, 0.2) is 28.6 Å². The molecule has 1 aromatic heterocycles. The van der Waals surface area contributed by atoms with E-state index in [1.807, 2.05) is 13.8 Å². The van der Waals surface area contributed by atoms with Crippen LogP contribution in [0, 0.1) is 12.7 Å². The van der Waals surface area contributed by atoms with Gasteiger partial charge in [-0.2, -0.15) is 0 Å². The molecule has 0 saturated heterocycles. The van der Waals surface area contributed by atoms with Gasteiger partial charge in [0.25, 0.3) is 0 Å². The fraction of sp³-hybridized carbons (Fsp3) is 0.308. The Balaban J connectivity index is 2.32. The smallest absolute Gasteiger partial charge is 0.175 e. The lowest BCUT2D eigenvalue weighted by atomic mass is 10.2. The van der Waals surface area contributed by atoms with E-state index < -0.39 is 15.7 Å². The summed E-state index contributed by atoms with van der Waals surface area (Å²) in [6, 6.07) is 3.59. The standard InChI is InChI=1S/C13H15FN2O2S2/c1-8-13(19-7-15-8)9(2)16-12-6-10(20(3,17)18)4-5-11(12)14/h4-7,9,16H,1-3H3. The first-order valence-corrected chi connectivity index (χ1v) is 8.72. The van der Waals surface area contributed by atoms with Crippen LogP contribution in [0.5, 0.6) is 0 Å². The van der Waals surface area contributed by atoms with Crippen molar-refractivity contribution in [3.8, 4) is 0 Å². The summed E-state index contributed by atoms with van der Waals surface area (Å²) < 4.78 is 36.8. The molecule has 0 aliphatic rings. The molecular weight excluding hydrogens is 299 g/mol. The number of rotatable bonds is 4. The molecule has 108 valence electrons. The quantitative estimate of drug-likeness (QED) is 0.881. The number of aryl methyl sites for hydroxylation is 1. The maximum Gasteiger partial charge on any atom is 0.175 e. The topological polar surface area (TPSA) is 59.1 Å². The van der Waals surface area contributed by atoms with Crippen LogP contribution in [-0.4, -0.2) is 19.7 Å². The highest BCUT2D eigenvalue weighted by Crippen LogP contribution is 2.27. The van der Waals surface area contributed by atoms with Crippen LogP contribution in [0.2, 0.25) is 0 Å². The second-order valence-electron chi connectivity index (χ2n) is 4.58. The Hall–Kier alpha value is -1.47. The SMILES string of the molecule is Cc1ncsc1C(C)Nc1cc(S(C)(=O)=O)ccc1F. The molecule has 7 heteroatoms. The molecule has 2 aromatic rings. The highest BCUT2D eigenvalue weighted by atomic mass is 32.2. The van der Waals surface area contributed by atoms with Gasteiger partial charge in [0.1, 0.15) is 5.82 Å². The number of nitrogens with one attached hydrogen (secondary N) is 1. The van der Waals surface area contributed by atoms with Crippen LogP contribution in [0.1, 0.15) is 23.5 Å². The van der Waals surface area contributed by atoms with Gasteiger partial charge in [0, 0.05) is 11.1 Å². The Bertz CT molecular complexity index is 726. The van der Waals surface area contributed by atoms with Gasteiger partial charge in [0.05, 0.1) is 27.8 Å². The molecule has 0 aliphatic carbocycles. The number of benzene rings is 1. The number of anilines is 1. The predicted molar refractivity (Wildman–Crippen MR) is 78.4 cm³/mol. The van der Waals surface area contributed by atoms with E-state index >= 15 is 0 Å². The molecule has 1 aromatic carbocycles. The van der Waals surface area contributed by atoms with Crippen LogP contribution in [0.3, 0.4) is 0 Å². The van der Waals surface area contributed by atoms with Crippen molar-refractivity contribution in [3.05, 3.63) is 40.1 Å². The average Bonchev–Trinajstić information content (AvgIpc) is 2.77. The Morgan fingerprint density at radius 1 is 1.40 bits per heavy atom. The summed E-state index contributed by atoms with van der Waals surface area (Å²) >= 11 is 1.48. The van der Waals surface area contributed by atoms with E-state index in [2.05, 4.69) is 10.3 Å². The summed E-state index contributed by atoms with van der Waals surface area (Å²) in [5, 5.41) is 3.00. The molecule has 0 amide bonds. The van der Waals surface area contributed by atoms with E-state index in [0.29, 0.717) is 0 Å². The van der Waals surface area contributed by atoms with Crippen LogP contribution in [0.4, 0.5) is 10.1 Å². The molecule has 1 atom stereocenters. The maximum absolute atomic E-state index is 13.8. The third kappa shape index (κ3) is 3.16. The van der Waals surface area contributed by atoms with Crippen LogP contribution < -0.4 is 5.32 Å². The van der Waals surface area contributed by atoms with Crippen molar-refractivity contribution in [1.82, 2.24) is 4.98 Å². The number of hydrogen-bond acceptors (Lipinski definition) is 5. The third-order valence-electron chi connectivity index (χ3n) is 2.91. The number of halogens is 1. The van der Waals surface area contributed by atoms with Crippen LogP contribution in [0.25, 0.3) is 0 Å². The first-order valence-electron chi connectivity index (χ1n) is 5.95. The van der Waals surface area contributed by atoms with Gasteiger partial charge < -0.3 is 5.32 Å². The number of nitrogens with zero attached hydrogens (tertiary/aromatic N) is 1. The fourth-order valence-electron chi connectivity index (χ4n) is 1.87. The maximum atomic E-state index is 13.8. The van der Waals surface area contributed by atoms with Crippen molar-refractivity contribution in [2.75, 3.05) is 11.6 Å². The number of hydrogen-bond donors (Lipinski definition) is 1. The van der Waals surface area contributed by atoms with E-state index in [1.54, 1.807) is 5.51 Å². The average molecular weight is 314 g/mol. The minimum Gasteiger partial charge on any atom is -0.375 e. The van der Waals surface area contributed by atoms with Crippen molar-refractivity contribution in [2.24, 2.45) is 0 Å². The Labute approximate surface area is 121 Å². The molecule has 0 aliphatic heterocycles. The van der Waals surface area contributed by atoms with Gasteiger partial charge in [0.2, 0.25) is 0 Å². The molecule has 0 saturated carbocycles. The minimum atomic E-state index is -3.36. The van der Waals surface area contributed by atoms with E-state index in [0.717, 1.165) is 22.9 Å². The van der Waals surface area contributed by atoms with E-state index in [9.17, 15) is 12.8 Å². The Kier molecular flexibility index (Phi) is 4.10. The molecule has 1 heterocycles. The monoisotopic (exact) mass is 314 g/mol. The number of sulfone groups is 1. The first-order chi connectivity index (χ1) is 9.29. The van der Waals surface area contributed by atoms with Gasteiger partial charge in [-0.3, -0.25) is 0 Å². The highest BCUT2D eigenvalue weighted by Gasteiger charge is 2.15. The van der Waals surface area contributed by atoms with Crippen LogP contribution >= 0.6 is 11.3 Å². The number of aromatic nitrogens is 1. The van der Waals surface area contributed by atoms with E-state index in [4.69, 9.17) is 0 Å². The molecule has 2 rings (SSSR count). The molecule has 20 heavy (non-hydrogen) atoms. The highest BCUT2D eigenvalue weighted by molar-refractivity contribution is 7.90. The second kappa shape index (κ2) is 5.49. The lowest BCUT2D eigenvalue weighted by Gasteiger charge is -2.15. The van der Waals surface area contributed by atoms with Gasteiger partial charge in [-0.15, -0.1) is 11.3 Å². The zero-order chi connectivity index (χ0) is 14.9. The predicted octanol–water partition coefficient (Wildman–Crippen LogP) is 3.17. The molecule has 1 unspecified atom stereocenters. The minimum absolute atomic E-state index is 0.0922. The van der Waals surface area contributed by atoms with Crippen molar-refractivity contribution in [1.29, 1.82) is 0 Å². The largest absolute Gasteiger partial charge is 0.375 e. The molecular formula is C13H15FN2O2S2. The van der Waals surface area contributed by atoms with Crippen molar-refractivity contribution < 1.29 is 12.8 Å². The van der Waals surface area contributed by atoms with E-state index in [1.165, 1.54) is 23.5 Å². The van der Waals surface area contributed by atoms with Crippen molar-refractivity contribution >= 4 is 26.9 Å². The molecule has 0 bridgehead atoms. The van der Waals surface area contributed by atoms with Gasteiger partial charge in [-0.1, -0.05) is 0 Å². The van der Waals surface area contributed by atoms with Gasteiger partial charge in [-0.25, -0.2) is 17.8 Å². The fourth-order valence-corrected chi connectivity index (χ4v) is 3.33. The second-order valence-corrected chi connectivity index (χ2v) is 7.48. The summed E-state index contributed by atoms with van der Waals surface area (Å²) in [5.41, 5.74) is 2.79. The van der Waals surface area contributed by atoms with Crippen molar-refractivity contribution in [2.45, 2.75) is 24.8 Å². The van der Waals surface area contributed by atoms with Gasteiger partial charge in [-0.05, 0) is 32.0 Å². The lowest BCUT2D eigenvalue weighted by molar-refractivity contribution is 0.600. The molecule has 0 spiro atoms. The summed E-state index contributed by atoms with van der Waals surface area (Å²) in [5.74, 6) is -0.480. The molecule has 4 nitrogen and oxygen atoms in total. The Morgan fingerprint density at radius 3 is 2.65 bits per heavy atom. The van der Waals surface area contributed by atoms with Gasteiger partial charge >= 0.3 is 0 Å². The molecule has 1 N–H and O–H groups in total. The normalized spacial score (nSPS) is 13.2. The zero-order valence-corrected chi connectivity index (χ0v) is 13.0. The van der Waals surface area contributed by atoms with E-state index in [-0.39, 0.29) is 16.6 Å². The zero-order valence-electron chi connectivity index (χ0n) is 11.3. The summed E-state index contributed by atoms with van der Waals surface area (Å²) in [6.45, 7) is 3.76. The molecule has 0 radical (unpaired) electrons. The third-order valence-corrected chi connectivity index (χ3v) is 5.14. The summed E-state index contributed by atoms with van der Waals surface area (Å²) in [7, 11) is -3.36. The summed E-state index contributed by atoms with van der Waals surface area (Å²) in [4.78, 5) is 5.23.